The van der Waals surface area contributed by atoms with Crippen molar-refractivity contribution in [2.45, 2.75) is 12.0 Å². The van der Waals surface area contributed by atoms with Gasteiger partial charge in [0.1, 0.15) is 5.75 Å². The summed E-state index contributed by atoms with van der Waals surface area (Å²) in [5.41, 5.74) is 4.55. The van der Waals surface area contributed by atoms with Crippen LogP contribution in [0.25, 0.3) is 10.9 Å². The van der Waals surface area contributed by atoms with Crippen molar-refractivity contribution < 1.29 is 14.8 Å². The number of carbonyl (C=O) groups is 1. The number of hydrogen-bond acceptors (Lipinski definition) is 2. The van der Waals surface area contributed by atoms with Gasteiger partial charge in [-0.15, -0.1) is 0 Å². The Bertz CT molecular complexity index is 1170. The molecule has 0 unspecified atom stereocenters. The van der Waals surface area contributed by atoms with Crippen molar-refractivity contribution in [2.24, 2.45) is 0 Å². The molecule has 0 spiro atoms. The van der Waals surface area contributed by atoms with E-state index in [0.29, 0.717) is 0 Å². The lowest BCUT2D eigenvalue weighted by Gasteiger charge is -2.23. The van der Waals surface area contributed by atoms with Crippen molar-refractivity contribution >= 4 is 16.8 Å². The molecule has 1 heterocycles. The monoisotopic (exact) mass is 428 g/mol. The molecule has 1 aromatic heterocycles. The van der Waals surface area contributed by atoms with Gasteiger partial charge in [0, 0.05) is 36.8 Å². The zero-order valence-corrected chi connectivity index (χ0v) is 18.8. The molecule has 0 radical (unpaired) electrons. The summed E-state index contributed by atoms with van der Waals surface area (Å²) in [6.45, 7) is 0.729. The number of ether oxygens (including phenoxy) is 1. The molecule has 0 bridgehead atoms. The quantitative estimate of drug-likeness (QED) is 0.450. The molecule has 3 N–H and O–H groups in total. The number of aromatic amines is 1. The zero-order chi connectivity index (χ0) is 22.5. The topological polar surface area (TPSA) is 61.9 Å². The van der Waals surface area contributed by atoms with E-state index in [2.05, 4.69) is 46.8 Å². The van der Waals surface area contributed by atoms with Gasteiger partial charge >= 0.3 is 0 Å². The van der Waals surface area contributed by atoms with Gasteiger partial charge in [0.25, 0.3) is 5.91 Å². The second kappa shape index (κ2) is 9.71. The fourth-order valence-electron chi connectivity index (χ4n) is 4.25. The van der Waals surface area contributed by atoms with Crippen LogP contribution >= 0.6 is 0 Å². The van der Waals surface area contributed by atoms with Gasteiger partial charge in [-0.2, -0.15) is 0 Å². The highest BCUT2D eigenvalue weighted by Gasteiger charge is 2.28. The van der Waals surface area contributed by atoms with Gasteiger partial charge in [-0.05, 0) is 29.3 Å². The highest BCUT2D eigenvalue weighted by molar-refractivity contribution is 5.84. The molecule has 5 nitrogen and oxygen atoms in total. The average molecular weight is 429 g/mol. The Kier molecular flexibility index (Phi) is 6.57. The summed E-state index contributed by atoms with van der Waals surface area (Å²) in [7, 11) is 5.30. The van der Waals surface area contributed by atoms with Crippen molar-refractivity contribution in [3.63, 3.8) is 0 Å². The van der Waals surface area contributed by atoms with E-state index in [4.69, 9.17) is 4.74 Å². The Morgan fingerprint density at radius 2 is 1.62 bits per heavy atom. The first-order chi connectivity index (χ1) is 15.6. The highest BCUT2D eigenvalue weighted by atomic mass is 16.5. The van der Waals surface area contributed by atoms with Gasteiger partial charge in [-0.25, -0.2) is 0 Å². The first-order valence-corrected chi connectivity index (χ1v) is 10.9. The van der Waals surface area contributed by atoms with Crippen molar-refractivity contribution in [3.05, 3.63) is 102 Å². The van der Waals surface area contributed by atoms with Crippen LogP contribution in [0.2, 0.25) is 0 Å². The Balaban J connectivity index is 1.70. The largest absolute Gasteiger partial charge is 0.497 e. The van der Waals surface area contributed by atoms with E-state index in [0.717, 1.165) is 23.4 Å². The van der Waals surface area contributed by atoms with E-state index in [1.807, 2.05) is 62.6 Å². The van der Waals surface area contributed by atoms with Gasteiger partial charge in [-0.3, -0.25) is 4.79 Å². The number of para-hydroxylation sites is 1. The minimum absolute atomic E-state index is 0.0867. The summed E-state index contributed by atoms with van der Waals surface area (Å²) in [4.78, 5) is 18.1. The van der Waals surface area contributed by atoms with Crippen LogP contribution < -0.4 is 10.1 Å². The van der Waals surface area contributed by atoms with Crippen molar-refractivity contribution in [1.82, 2.24) is 9.88 Å². The lowest BCUT2D eigenvalue weighted by molar-refractivity contribution is -0.684. The van der Waals surface area contributed by atoms with Gasteiger partial charge in [0.15, 0.2) is 6.04 Å². The SMILES string of the molecule is COc1ccc([C@@H](C[NH2+][C@H](C(=O)N(C)C)c2ccccc2)c2c[nH]c3ccccc23)cc1. The molecular weight excluding hydrogens is 398 g/mol. The number of hydrogen-bond donors (Lipinski definition) is 2. The number of aromatic nitrogens is 1. The second-order valence-corrected chi connectivity index (χ2v) is 8.21. The molecule has 0 aliphatic rings. The normalized spacial score (nSPS) is 13.0. The first-order valence-electron chi connectivity index (χ1n) is 10.9. The summed E-state index contributed by atoms with van der Waals surface area (Å²) in [6, 6.07) is 26.3. The van der Waals surface area contributed by atoms with Crippen LogP contribution in [-0.4, -0.2) is 43.5 Å². The molecule has 4 rings (SSSR count). The smallest absolute Gasteiger partial charge is 0.285 e. The van der Waals surface area contributed by atoms with E-state index < -0.39 is 0 Å². The molecule has 0 aliphatic heterocycles. The fourth-order valence-corrected chi connectivity index (χ4v) is 4.25. The van der Waals surface area contributed by atoms with Crippen molar-refractivity contribution in [2.75, 3.05) is 27.7 Å². The zero-order valence-electron chi connectivity index (χ0n) is 18.8. The molecule has 0 saturated carbocycles. The Morgan fingerprint density at radius 1 is 0.938 bits per heavy atom. The van der Waals surface area contributed by atoms with Gasteiger partial charge in [-0.1, -0.05) is 60.7 Å². The Hall–Kier alpha value is -3.57. The molecule has 3 aromatic carbocycles. The predicted octanol–water partition coefficient (Wildman–Crippen LogP) is 3.70. The Labute approximate surface area is 189 Å². The standard InChI is InChI=1S/C27H29N3O2/c1-30(2)27(31)26(20-9-5-4-6-10-20)29-17-23(19-13-15-21(32-3)16-14-19)24-18-28-25-12-8-7-11-22(24)25/h4-16,18,23,26,28-29H,17H2,1-3H3/p+1/t23-,26+/m1/s1. The minimum Gasteiger partial charge on any atom is -0.497 e. The van der Waals surface area contributed by atoms with Crippen LogP contribution in [0, 0.1) is 0 Å². The summed E-state index contributed by atoms with van der Waals surface area (Å²) in [5.74, 6) is 1.03. The molecular formula is C27H30N3O2+. The Morgan fingerprint density at radius 3 is 2.31 bits per heavy atom. The molecule has 1 amide bonds. The minimum atomic E-state index is -0.294. The second-order valence-electron chi connectivity index (χ2n) is 8.21. The molecule has 0 aliphatic carbocycles. The number of carbonyl (C=O) groups excluding carboxylic acids is 1. The third-order valence-corrected chi connectivity index (χ3v) is 5.99. The van der Waals surface area contributed by atoms with Crippen LogP contribution in [0.4, 0.5) is 0 Å². The number of benzene rings is 3. The van der Waals surface area contributed by atoms with E-state index in [9.17, 15) is 4.79 Å². The number of quaternary nitrogens is 1. The van der Waals surface area contributed by atoms with E-state index in [1.54, 1.807) is 12.0 Å². The summed E-state index contributed by atoms with van der Waals surface area (Å²) in [6.07, 6.45) is 2.10. The number of nitrogens with two attached hydrogens (primary N) is 1. The van der Waals surface area contributed by atoms with Gasteiger partial charge in [0.2, 0.25) is 0 Å². The van der Waals surface area contributed by atoms with Crippen LogP contribution in [0.15, 0.2) is 85.1 Å². The number of nitrogens with zero attached hydrogens (tertiary/aromatic N) is 1. The number of methoxy groups -OCH3 is 1. The van der Waals surface area contributed by atoms with E-state index in [-0.39, 0.29) is 17.9 Å². The number of amides is 1. The summed E-state index contributed by atoms with van der Waals surface area (Å²) >= 11 is 0. The molecule has 0 saturated heterocycles. The van der Waals surface area contributed by atoms with Gasteiger partial charge < -0.3 is 19.9 Å². The highest BCUT2D eigenvalue weighted by Crippen LogP contribution is 2.31. The average Bonchev–Trinajstić information content (AvgIpc) is 3.26. The lowest BCUT2D eigenvalue weighted by atomic mass is 9.90. The van der Waals surface area contributed by atoms with Crippen LogP contribution in [0.5, 0.6) is 5.75 Å². The number of nitrogens with one attached hydrogen (secondary N) is 1. The number of likely N-dealkylation sites (N-methyl/N-ethyl adjacent to an activating group) is 1. The first kappa shape index (κ1) is 21.7. The van der Waals surface area contributed by atoms with Crippen molar-refractivity contribution in [1.29, 1.82) is 0 Å². The molecule has 164 valence electrons. The molecule has 5 heteroatoms. The fraction of sp³-hybridized carbons (Fsp3) is 0.222. The van der Waals surface area contributed by atoms with E-state index in [1.165, 1.54) is 16.5 Å². The maximum absolute atomic E-state index is 13.0. The van der Waals surface area contributed by atoms with Crippen LogP contribution in [0.1, 0.15) is 28.7 Å². The molecule has 4 aromatic rings. The maximum Gasteiger partial charge on any atom is 0.285 e. The molecule has 2 atom stereocenters. The summed E-state index contributed by atoms with van der Waals surface area (Å²) in [5, 5.41) is 3.37. The maximum atomic E-state index is 13.0. The molecule has 0 fully saturated rings. The van der Waals surface area contributed by atoms with E-state index >= 15 is 0 Å². The van der Waals surface area contributed by atoms with Crippen LogP contribution in [0.3, 0.4) is 0 Å². The summed E-state index contributed by atoms with van der Waals surface area (Å²) < 4.78 is 5.36. The lowest BCUT2D eigenvalue weighted by Crippen LogP contribution is -2.88. The molecule has 32 heavy (non-hydrogen) atoms. The third kappa shape index (κ3) is 4.53. The number of rotatable bonds is 8. The predicted molar refractivity (Wildman–Crippen MR) is 128 cm³/mol. The number of fused-ring (bicyclic) bond motifs is 1. The van der Waals surface area contributed by atoms with Crippen LogP contribution in [-0.2, 0) is 4.79 Å². The number of H-pyrrole nitrogens is 1. The van der Waals surface area contributed by atoms with Gasteiger partial charge in [0.05, 0.1) is 19.6 Å². The third-order valence-electron chi connectivity index (χ3n) is 5.99. The van der Waals surface area contributed by atoms with Crippen molar-refractivity contribution in [3.8, 4) is 5.75 Å².